The second kappa shape index (κ2) is 5.64. The van der Waals surface area contributed by atoms with Crippen molar-refractivity contribution in [2.75, 3.05) is 27.2 Å². The Morgan fingerprint density at radius 2 is 1.62 bits per heavy atom. The van der Waals surface area contributed by atoms with Crippen molar-refractivity contribution in [1.29, 1.82) is 0 Å². The average Bonchev–Trinajstić information content (AvgIpc) is 1.99. The summed E-state index contributed by atoms with van der Waals surface area (Å²) >= 11 is 0. The number of nitrogens with zero attached hydrogens (tertiary/aromatic N) is 1. The number of hydrogen-bond acceptors (Lipinski definition) is 3. The molecule has 0 aliphatic rings. The minimum Gasteiger partial charge on any atom is -0.350 e. The molecule has 1 amide bonds. The maximum atomic E-state index is 11.5. The topological polar surface area (TPSA) is 44.4 Å². The molecular formula is C12H27N3O. The van der Waals surface area contributed by atoms with E-state index < -0.39 is 0 Å². The van der Waals surface area contributed by atoms with Gasteiger partial charge in [0.25, 0.3) is 0 Å². The van der Waals surface area contributed by atoms with E-state index >= 15 is 0 Å². The summed E-state index contributed by atoms with van der Waals surface area (Å²) < 4.78 is 0. The first-order chi connectivity index (χ1) is 7.04. The highest BCUT2D eigenvalue weighted by molar-refractivity contribution is 5.78. The molecule has 0 aromatic carbocycles. The van der Waals surface area contributed by atoms with Gasteiger partial charge in [-0.05, 0) is 48.7 Å². The molecule has 0 aromatic heterocycles. The SMILES string of the molecule is CN(C)C(C)(C)CNCC(=O)NC(C)(C)C. The second-order valence-electron chi connectivity index (χ2n) is 6.11. The van der Waals surface area contributed by atoms with Gasteiger partial charge >= 0.3 is 0 Å². The van der Waals surface area contributed by atoms with Crippen LogP contribution in [0.15, 0.2) is 0 Å². The van der Waals surface area contributed by atoms with Gasteiger partial charge in [-0.2, -0.15) is 0 Å². The molecule has 16 heavy (non-hydrogen) atoms. The summed E-state index contributed by atoms with van der Waals surface area (Å²) in [4.78, 5) is 13.7. The normalized spacial score (nSPS) is 13.0. The standard InChI is InChI=1S/C12H27N3O/c1-11(2,3)14-10(16)8-13-9-12(4,5)15(6)7/h13H,8-9H2,1-7H3,(H,14,16). The van der Waals surface area contributed by atoms with Gasteiger partial charge in [0, 0.05) is 17.6 Å². The van der Waals surface area contributed by atoms with Crippen molar-refractivity contribution in [1.82, 2.24) is 15.5 Å². The first-order valence-electron chi connectivity index (χ1n) is 5.74. The summed E-state index contributed by atoms with van der Waals surface area (Å²) in [6, 6.07) is 0. The summed E-state index contributed by atoms with van der Waals surface area (Å²) in [6.07, 6.45) is 0. The Balaban J connectivity index is 3.87. The molecule has 4 nitrogen and oxygen atoms in total. The Morgan fingerprint density at radius 3 is 2.00 bits per heavy atom. The number of amides is 1. The zero-order valence-electron chi connectivity index (χ0n) is 11.8. The molecular weight excluding hydrogens is 202 g/mol. The summed E-state index contributed by atoms with van der Waals surface area (Å²) in [5.41, 5.74) is -0.0994. The minimum absolute atomic E-state index is 0.0436. The zero-order chi connectivity index (χ0) is 13.0. The van der Waals surface area contributed by atoms with Gasteiger partial charge in [0.15, 0.2) is 0 Å². The largest absolute Gasteiger partial charge is 0.350 e. The Labute approximate surface area is 99.8 Å². The lowest BCUT2D eigenvalue weighted by Crippen LogP contribution is -2.50. The number of carbonyl (C=O) groups is 1. The summed E-state index contributed by atoms with van der Waals surface area (Å²) in [5.74, 6) is 0.0436. The Hall–Kier alpha value is -0.610. The van der Waals surface area contributed by atoms with Gasteiger partial charge in [0.2, 0.25) is 5.91 Å². The van der Waals surface area contributed by atoms with Crippen molar-refractivity contribution >= 4 is 5.91 Å². The lowest BCUT2D eigenvalue weighted by Gasteiger charge is -2.32. The number of rotatable bonds is 5. The van der Waals surface area contributed by atoms with E-state index in [4.69, 9.17) is 0 Å². The third-order valence-electron chi connectivity index (χ3n) is 2.57. The van der Waals surface area contributed by atoms with Gasteiger partial charge in [-0.15, -0.1) is 0 Å². The number of nitrogens with one attached hydrogen (secondary N) is 2. The van der Waals surface area contributed by atoms with E-state index in [1.807, 2.05) is 34.9 Å². The highest BCUT2D eigenvalue weighted by atomic mass is 16.2. The predicted octanol–water partition coefficient (Wildman–Crippen LogP) is 0.831. The Kier molecular flexibility index (Phi) is 5.42. The smallest absolute Gasteiger partial charge is 0.234 e. The molecule has 0 aliphatic heterocycles. The molecule has 0 unspecified atom stereocenters. The van der Waals surface area contributed by atoms with Gasteiger partial charge in [-0.25, -0.2) is 0 Å². The summed E-state index contributed by atoms with van der Waals surface area (Å²) in [7, 11) is 4.08. The van der Waals surface area contributed by atoms with Crippen molar-refractivity contribution in [3.8, 4) is 0 Å². The molecule has 0 heterocycles. The molecule has 96 valence electrons. The van der Waals surface area contributed by atoms with Gasteiger partial charge in [-0.3, -0.25) is 4.79 Å². The van der Waals surface area contributed by atoms with Crippen LogP contribution in [0.25, 0.3) is 0 Å². The van der Waals surface area contributed by atoms with Crippen LogP contribution in [0.5, 0.6) is 0 Å². The molecule has 0 aliphatic carbocycles. The van der Waals surface area contributed by atoms with Gasteiger partial charge < -0.3 is 15.5 Å². The fraction of sp³-hybridized carbons (Fsp3) is 0.917. The van der Waals surface area contributed by atoms with Crippen LogP contribution in [-0.4, -0.2) is 49.1 Å². The lowest BCUT2D eigenvalue weighted by atomic mass is 10.0. The fourth-order valence-corrected chi connectivity index (χ4v) is 1.10. The van der Waals surface area contributed by atoms with Gasteiger partial charge in [0.1, 0.15) is 0 Å². The summed E-state index contributed by atoms with van der Waals surface area (Å²) in [5, 5.41) is 6.10. The molecule has 0 radical (unpaired) electrons. The minimum atomic E-state index is -0.157. The Bertz CT molecular complexity index is 229. The molecule has 2 N–H and O–H groups in total. The first-order valence-corrected chi connectivity index (χ1v) is 5.74. The van der Waals surface area contributed by atoms with E-state index in [0.717, 1.165) is 6.54 Å². The lowest BCUT2D eigenvalue weighted by molar-refractivity contribution is -0.121. The van der Waals surface area contributed by atoms with Crippen molar-refractivity contribution < 1.29 is 4.79 Å². The molecule has 0 bridgehead atoms. The van der Waals surface area contributed by atoms with E-state index in [9.17, 15) is 4.79 Å². The molecule has 0 rings (SSSR count). The predicted molar refractivity (Wildman–Crippen MR) is 68.5 cm³/mol. The van der Waals surface area contributed by atoms with Crippen molar-refractivity contribution in [3.63, 3.8) is 0 Å². The fourth-order valence-electron chi connectivity index (χ4n) is 1.10. The number of likely N-dealkylation sites (N-methyl/N-ethyl adjacent to an activating group) is 1. The average molecular weight is 229 g/mol. The van der Waals surface area contributed by atoms with Crippen LogP contribution in [0.2, 0.25) is 0 Å². The second-order valence-corrected chi connectivity index (χ2v) is 6.11. The van der Waals surface area contributed by atoms with Crippen LogP contribution >= 0.6 is 0 Å². The monoisotopic (exact) mass is 229 g/mol. The van der Waals surface area contributed by atoms with Crippen LogP contribution in [0, 0.1) is 0 Å². The number of hydrogen-bond donors (Lipinski definition) is 2. The van der Waals surface area contributed by atoms with Gasteiger partial charge in [0.05, 0.1) is 6.54 Å². The highest BCUT2D eigenvalue weighted by Crippen LogP contribution is 2.07. The molecule has 0 aromatic rings. The zero-order valence-corrected chi connectivity index (χ0v) is 11.8. The maximum Gasteiger partial charge on any atom is 0.234 e. The van der Waals surface area contributed by atoms with Crippen LogP contribution < -0.4 is 10.6 Å². The highest BCUT2D eigenvalue weighted by Gasteiger charge is 2.20. The molecule has 0 saturated heterocycles. The van der Waals surface area contributed by atoms with Crippen LogP contribution in [0.4, 0.5) is 0 Å². The third kappa shape index (κ3) is 6.80. The third-order valence-corrected chi connectivity index (χ3v) is 2.57. The van der Waals surface area contributed by atoms with Crippen molar-refractivity contribution in [2.45, 2.75) is 45.7 Å². The van der Waals surface area contributed by atoms with Crippen LogP contribution in [0.3, 0.4) is 0 Å². The van der Waals surface area contributed by atoms with Crippen LogP contribution in [-0.2, 0) is 4.79 Å². The van der Waals surface area contributed by atoms with E-state index in [-0.39, 0.29) is 17.0 Å². The van der Waals surface area contributed by atoms with E-state index in [1.165, 1.54) is 0 Å². The molecule has 0 spiro atoms. The quantitative estimate of drug-likeness (QED) is 0.734. The summed E-state index contributed by atoms with van der Waals surface area (Å²) in [6.45, 7) is 11.4. The molecule has 0 atom stereocenters. The molecule has 4 heteroatoms. The van der Waals surface area contributed by atoms with Gasteiger partial charge in [-0.1, -0.05) is 0 Å². The van der Waals surface area contributed by atoms with Crippen LogP contribution in [0.1, 0.15) is 34.6 Å². The van der Waals surface area contributed by atoms with Crippen molar-refractivity contribution in [2.24, 2.45) is 0 Å². The van der Waals surface area contributed by atoms with Crippen molar-refractivity contribution in [3.05, 3.63) is 0 Å². The molecule has 0 fully saturated rings. The number of carbonyl (C=O) groups excluding carboxylic acids is 1. The van der Waals surface area contributed by atoms with E-state index in [1.54, 1.807) is 0 Å². The van der Waals surface area contributed by atoms with E-state index in [2.05, 4.69) is 29.4 Å². The van der Waals surface area contributed by atoms with E-state index in [0.29, 0.717) is 6.54 Å². The Morgan fingerprint density at radius 1 is 1.12 bits per heavy atom. The molecule has 0 saturated carbocycles. The maximum absolute atomic E-state index is 11.5. The first kappa shape index (κ1) is 15.4.